The number of unbranched alkanes of at least 4 members (excludes halogenated alkanes) is 1. The Balaban J connectivity index is 2.68. The summed E-state index contributed by atoms with van der Waals surface area (Å²) in [6.07, 6.45) is 3.31. The van der Waals surface area contributed by atoms with Crippen molar-refractivity contribution in [2.45, 2.75) is 52.2 Å². The van der Waals surface area contributed by atoms with Crippen LogP contribution in [-0.4, -0.2) is 12.6 Å². The zero-order valence-corrected chi connectivity index (χ0v) is 11.3. The number of ether oxygens (including phenoxy) is 1. The molecule has 92 valence electrons. The second kappa shape index (κ2) is 7.05. The van der Waals surface area contributed by atoms with Crippen LogP contribution in [0.2, 0.25) is 0 Å². The van der Waals surface area contributed by atoms with Gasteiger partial charge in [-0.15, -0.1) is 11.3 Å². The van der Waals surface area contributed by atoms with Crippen molar-refractivity contribution in [2.75, 3.05) is 6.61 Å². The van der Waals surface area contributed by atoms with E-state index in [0.29, 0.717) is 0 Å². The summed E-state index contributed by atoms with van der Waals surface area (Å²) >= 11 is 1.75. The molecule has 0 amide bonds. The first kappa shape index (κ1) is 13.7. The molecule has 2 nitrogen and oxygen atoms in total. The third kappa shape index (κ3) is 3.58. The largest absolute Gasteiger partial charge is 0.371 e. The lowest BCUT2D eigenvalue weighted by Crippen LogP contribution is -2.29. The van der Waals surface area contributed by atoms with E-state index in [1.165, 1.54) is 10.4 Å². The van der Waals surface area contributed by atoms with Crippen molar-refractivity contribution in [1.82, 2.24) is 0 Å². The Hall–Kier alpha value is -0.380. The highest BCUT2D eigenvalue weighted by atomic mass is 32.1. The van der Waals surface area contributed by atoms with E-state index < -0.39 is 0 Å². The molecule has 0 aromatic carbocycles. The van der Waals surface area contributed by atoms with Gasteiger partial charge in [-0.25, -0.2) is 0 Å². The third-order valence-corrected chi connectivity index (χ3v) is 3.90. The molecule has 0 saturated carbocycles. The first-order valence-electron chi connectivity index (χ1n) is 6.11. The Labute approximate surface area is 103 Å². The van der Waals surface area contributed by atoms with Crippen LogP contribution in [0.15, 0.2) is 11.4 Å². The lowest BCUT2D eigenvalue weighted by Gasteiger charge is -2.23. The minimum Gasteiger partial charge on any atom is -0.371 e. The number of rotatable bonds is 7. The van der Waals surface area contributed by atoms with Gasteiger partial charge in [0.25, 0.3) is 0 Å². The maximum Gasteiger partial charge on any atom is 0.107 e. The molecule has 2 unspecified atom stereocenters. The number of thiophene rings is 1. The van der Waals surface area contributed by atoms with Crippen molar-refractivity contribution >= 4 is 11.3 Å². The lowest BCUT2D eigenvalue weighted by molar-refractivity contribution is 0.0338. The molecule has 2 N–H and O–H groups in total. The molecule has 0 aliphatic rings. The Bertz CT molecular complexity index is 298. The Morgan fingerprint density at radius 3 is 2.69 bits per heavy atom. The van der Waals surface area contributed by atoms with Crippen molar-refractivity contribution in [1.29, 1.82) is 0 Å². The molecular formula is C13H23NOS. The molecule has 16 heavy (non-hydrogen) atoms. The van der Waals surface area contributed by atoms with Gasteiger partial charge in [-0.1, -0.05) is 20.3 Å². The van der Waals surface area contributed by atoms with Gasteiger partial charge in [-0.05, 0) is 36.8 Å². The normalized spacial score (nSPS) is 15.0. The van der Waals surface area contributed by atoms with Crippen molar-refractivity contribution in [3.8, 4) is 0 Å². The van der Waals surface area contributed by atoms with Crippen LogP contribution in [0.4, 0.5) is 0 Å². The molecule has 0 aliphatic carbocycles. The summed E-state index contributed by atoms with van der Waals surface area (Å²) in [5, 5.41) is 2.11. The van der Waals surface area contributed by atoms with Gasteiger partial charge in [0.1, 0.15) is 6.10 Å². The van der Waals surface area contributed by atoms with E-state index in [9.17, 15) is 0 Å². The molecule has 0 radical (unpaired) electrons. The summed E-state index contributed by atoms with van der Waals surface area (Å²) in [6.45, 7) is 7.23. The lowest BCUT2D eigenvalue weighted by atomic mass is 10.1. The van der Waals surface area contributed by atoms with Crippen molar-refractivity contribution in [3.05, 3.63) is 21.9 Å². The van der Waals surface area contributed by atoms with Gasteiger partial charge in [-0.3, -0.25) is 0 Å². The van der Waals surface area contributed by atoms with Gasteiger partial charge >= 0.3 is 0 Å². The highest BCUT2D eigenvalue weighted by Gasteiger charge is 2.21. The van der Waals surface area contributed by atoms with Gasteiger partial charge in [0, 0.05) is 17.5 Å². The number of nitrogens with two attached hydrogens (primary N) is 1. The van der Waals surface area contributed by atoms with Gasteiger partial charge < -0.3 is 10.5 Å². The van der Waals surface area contributed by atoms with Crippen LogP contribution in [-0.2, 0) is 4.74 Å². The minimum absolute atomic E-state index is 0.0801. The van der Waals surface area contributed by atoms with E-state index in [1.54, 1.807) is 11.3 Å². The van der Waals surface area contributed by atoms with Crippen LogP contribution in [0.3, 0.4) is 0 Å². The zero-order chi connectivity index (χ0) is 12.0. The standard InChI is InChI=1S/C13H23NOS/c1-4-6-8-15-12(11(14)5-2)13-10(3)7-9-16-13/h7,9,11-12H,4-6,8,14H2,1-3H3. The first-order valence-corrected chi connectivity index (χ1v) is 6.99. The van der Waals surface area contributed by atoms with Crippen molar-refractivity contribution in [3.63, 3.8) is 0 Å². The van der Waals surface area contributed by atoms with Gasteiger partial charge in [0.15, 0.2) is 0 Å². The molecule has 0 spiro atoms. The van der Waals surface area contributed by atoms with Gasteiger partial charge in [-0.2, -0.15) is 0 Å². The monoisotopic (exact) mass is 241 g/mol. The minimum atomic E-state index is 0.0801. The molecule has 1 aromatic rings. The molecule has 2 atom stereocenters. The van der Waals surface area contributed by atoms with Crippen LogP contribution in [0, 0.1) is 6.92 Å². The van der Waals surface area contributed by atoms with Crippen LogP contribution < -0.4 is 5.73 Å². The maximum atomic E-state index is 6.14. The van der Waals surface area contributed by atoms with E-state index in [1.807, 2.05) is 0 Å². The first-order chi connectivity index (χ1) is 7.70. The molecule has 1 heterocycles. The highest BCUT2D eigenvalue weighted by molar-refractivity contribution is 7.10. The molecule has 0 bridgehead atoms. The summed E-state index contributed by atoms with van der Waals surface area (Å²) in [5.74, 6) is 0. The topological polar surface area (TPSA) is 35.2 Å². The van der Waals surface area contributed by atoms with Gasteiger partial charge in [0.05, 0.1) is 0 Å². The SMILES string of the molecule is CCCCOC(c1sccc1C)C(N)CC. The fourth-order valence-electron chi connectivity index (χ4n) is 1.64. The molecule has 0 saturated heterocycles. The van der Waals surface area contributed by atoms with Crippen LogP contribution in [0.5, 0.6) is 0 Å². The summed E-state index contributed by atoms with van der Waals surface area (Å²) in [4.78, 5) is 1.30. The van der Waals surface area contributed by atoms with Crippen LogP contribution in [0.25, 0.3) is 0 Å². The van der Waals surface area contributed by atoms with Crippen molar-refractivity contribution < 1.29 is 4.74 Å². The number of hydrogen-bond acceptors (Lipinski definition) is 3. The quantitative estimate of drug-likeness (QED) is 0.740. The van der Waals surface area contributed by atoms with E-state index in [4.69, 9.17) is 10.5 Å². The summed E-state index contributed by atoms with van der Waals surface area (Å²) < 4.78 is 5.95. The zero-order valence-electron chi connectivity index (χ0n) is 10.5. The average Bonchev–Trinajstić information content (AvgIpc) is 2.70. The predicted octanol–water partition coefficient (Wildman–Crippen LogP) is 3.65. The molecular weight excluding hydrogens is 218 g/mol. The maximum absolute atomic E-state index is 6.14. The molecule has 1 rings (SSSR count). The average molecular weight is 241 g/mol. The molecule has 1 aromatic heterocycles. The van der Waals surface area contributed by atoms with E-state index in [2.05, 4.69) is 32.2 Å². The molecule has 0 aliphatic heterocycles. The van der Waals surface area contributed by atoms with Gasteiger partial charge in [0.2, 0.25) is 0 Å². The second-order valence-electron chi connectivity index (χ2n) is 4.18. The number of hydrogen-bond donors (Lipinski definition) is 1. The van der Waals surface area contributed by atoms with Crippen LogP contribution in [0.1, 0.15) is 49.7 Å². The summed E-state index contributed by atoms with van der Waals surface area (Å²) in [7, 11) is 0. The van der Waals surface area contributed by atoms with Crippen LogP contribution >= 0.6 is 11.3 Å². The second-order valence-corrected chi connectivity index (χ2v) is 5.13. The Kier molecular flexibility index (Phi) is 6.03. The Morgan fingerprint density at radius 1 is 1.44 bits per heavy atom. The van der Waals surface area contributed by atoms with E-state index in [0.717, 1.165) is 25.9 Å². The molecule has 0 fully saturated rings. The third-order valence-electron chi connectivity index (χ3n) is 2.82. The molecule has 3 heteroatoms. The van der Waals surface area contributed by atoms with E-state index in [-0.39, 0.29) is 12.1 Å². The fraction of sp³-hybridized carbons (Fsp3) is 0.692. The highest BCUT2D eigenvalue weighted by Crippen LogP contribution is 2.29. The summed E-state index contributed by atoms with van der Waals surface area (Å²) in [5.41, 5.74) is 7.44. The smallest absolute Gasteiger partial charge is 0.107 e. The summed E-state index contributed by atoms with van der Waals surface area (Å²) in [6, 6.07) is 2.24. The number of aryl methyl sites for hydroxylation is 1. The Morgan fingerprint density at radius 2 is 2.19 bits per heavy atom. The predicted molar refractivity (Wildman–Crippen MR) is 70.9 cm³/mol. The van der Waals surface area contributed by atoms with Crippen molar-refractivity contribution in [2.24, 2.45) is 5.73 Å². The van der Waals surface area contributed by atoms with E-state index >= 15 is 0 Å². The fourth-order valence-corrected chi connectivity index (χ4v) is 2.69.